The molecule has 11 nitrogen and oxygen atoms in total. The second kappa shape index (κ2) is 10.3. The molecule has 4 N–H and O–H groups in total. The minimum absolute atomic E-state index is 0.681. The first-order chi connectivity index (χ1) is 24.8. The van der Waals surface area contributed by atoms with Crippen LogP contribution in [0.4, 0.5) is 0 Å². The van der Waals surface area contributed by atoms with Crippen molar-refractivity contribution < 1.29 is 0 Å². The Morgan fingerprint density at radius 3 is 2.28 bits per heavy atom. The summed E-state index contributed by atoms with van der Waals surface area (Å²) in [5, 5.41) is 18.2. The molecule has 0 amide bonds. The molecule has 11 rings (SSSR count). The molecule has 0 bridgehead atoms. The van der Waals surface area contributed by atoms with E-state index in [4.69, 9.17) is 20.2 Å². The smallest absolute Gasteiger partial charge is 0.195 e. The van der Waals surface area contributed by atoms with Crippen molar-refractivity contribution in [3.8, 4) is 61.9 Å². The summed E-state index contributed by atoms with van der Waals surface area (Å²) in [6.07, 6.45) is 3.59. The van der Waals surface area contributed by atoms with Crippen LogP contribution in [0.2, 0.25) is 0 Å². The van der Waals surface area contributed by atoms with E-state index < -0.39 is 0 Å². The number of benzene rings is 3. The van der Waals surface area contributed by atoms with Crippen molar-refractivity contribution in [2.75, 3.05) is 0 Å². The van der Waals surface area contributed by atoms with Gasteiger partial charge in [-0.2, -0.15) is 10.2 Å². The summed E-state index contributed by atoms with van der Waals surface area (Å²) >= 11 is 1.61. The van der Waals surface area contributed by atoms with Crippen LogP contribution in [0.25, 0.3) is 105 Å². The highest BCUT2D eigenvalue weighted by Crippen LogP contribution is 2.50. The van der Waals surface area contributed by atoms with Gasteiger partial charge in [-0.15, -0.1) is 0 Å². The third-order valence-corrected chi connectivity index (χ3v) is 10.2. The van der Waals surface area contributed by atoms with Crippen LogP contribution < -0.4 is 0 Å². The SMILES string of the molecule is c1ccc2[nH]c(-c3c(-c4cc5ncccc5[nH]4)c(-c4cc5nccc-5[nH]n4)n(-c4nc5ccccc5s4)c3-c3n[nH]c4ccccc34)nc2c1. The molecule has 0 radical (unpaired) electrons. The first-order valence-corrected chi connectivity index (χ1v) is 16.9. The van der Waals surface area contributed by atoms with Crippen molar-refractivity contribution in [1.29, 1.82) is 0 Å². The van der Waals surface area contributed by atoms with E-state index in [1.54, 1.807) is 23.7 Å². The van der Waals surface area contributed by atoms with Crippen LogP contribution in [0.1, 0.15) is 0 Å². The molecule has 3 aromatic carbocycles. The van der Waals surface area contributed by atoms with Crippen LogP contribution in [0.3, 0.4) is 0 Å². The Hall–Kier alpha value is -6.92. The Bertz CT molecular complexity index is 2830. The molecule has 12 heteroatoms. The third kappa shape index (κ3) is 3.96. The molecular formula is C38H23N11S. The second-order valence-corrected chi connectivity index (χ2v) is 13.1. The van der Waals surface area contributed by atoms with Gasteiger partial charge >= 0.3 is 0 Å². The monoisotopic (exact) mass is 665 g/mol. The highest BCUT2D eigenvalue weighted by Gasteiger charge is 2.34. The van der Waals surface area contributed by atoms with Gasteiger partial charge in [-0.05, 0) is 60.7 Å². The quantitative estimate of drug-likeness (QED) is 0.145. The number of nitrogens with zero attached hydrogens (tertiary/aromatic N) is 7. The van der Waals surface area contributed by atoms with Gasteiger partial charge in [-0.25, -0.2) is 9.97 Å². The summed E-state index contributed by atoms with van der Waals surface area (Å²) < 4.78 is 3.25. The Morgan fingerprint density at radius 2 is 1.38 bits per heavy atom. The summed E-state index contributed by atoms with van der Waals surface area (Å²) in [7, 11) is 0. The van der Waals surface area contributed by atoms with Gasteiger partial charge in [0.25, 0.3) is 0 Å². The number of thiazole rings is 1. The number of hydrogen-bond donors (Lipinski definition) is 4. The van der Waals surface area contributed by atoms with Crippen molar-refractivity contribution in [2.45, 2.75) is 0 Å². The second-order valence-electron chi connectivity index (χ2n) is 12.1. The van der Waals surface area contributed by atoms with Crippen LogP contribution in [0, 0.1) is 0 Å². The number of imidazole rings is 1. The zero-order valence-corrected chi connectivity index (χ0v) is 26.8. The Kier molecular flexibility index (Phi) is 5.57. The molecule has 2 aliphatic rings. The van der Waals surface area contributed by atoms with Gasteiger partial charge in [0.1, 0.15) is 17.2 Å². The molecule has 6 aromatic heterocycles. The number of pyridine rings is 1. The lowest BCUT2D eigenvalue weighted by atomic mass is 10.0. The lowest BCUT2D eigenvalue weighted by molar-refractivity contribution is 0.997. The first kappa shape index (κ1) is 27.1. The molecule has 0 unspecified atom stereocenters. The van der Waals surface area contributed by atoms with Gasteiger partial charge in [0.05, 0.1) is 71.8 Å². The van der Waals surface area contributed by atoms with E-state index in [2.05, 4.69) is 52.9 Å². The number of H-pyrrole nitrogens is 4. The van der Waals surface area contributed by atoms with Crippen molar-refractivity contribution in [2.24, 2.45) is 0 Å². The molecular weight excluding hydrogens is 643 g/mol. The molecule has 0 atom stereocenters. The highest BCUT2D eigenvalue weighted by atomic mass is 32.1. The van der Waals surface area contributed by atoms with Crippen LogP contribution >= 0.6 is 11.3 Å². The highest BCUT2D eigenvalue weighted by molar-refractivity contribution is 7.20. The number of nitrogens with one attached hydrogen (secondary N) is 4. The maximum Gasteiger partial charge on any atom is 0.195 e. The van der Waals surface area contributed by atoms with Gasteiger partial charge < -0.3 is 9.97 Å². The zero-order chi connectivity index (χ0) is 32.8. The molecule has 2 aliphatic heterocycles. The molecule has 0 aliphatic carbocycles. The Balaban J connectivity index is 1.38. The third-order valence-electron chi connectivity index (χ3n) is 9.17. The predicted octanol–water partition coefficient (Wildman–Crippen LogP) is 8.61. The zero-order valence-electron chi connectivity index (χ0n) is 26.0. The van der Waals surface area contributed by atoms with E-state index in [-0.39, 0.29) is 0 Å². The molecule has 8 heterocycles. The van der Waals surface area contributed by atoms with E-state index in [0.717, 1.165) is 93.6 Å². The summed E-state index contributed by atoms with van der Waals surface area (Å²) in [5.74, 6) is 0.688. The fourth-order valence-electron chi connectivity index (χ4n) is 6.94. The predicted molar refractivity (Wildman–Crippen MR) is 196 cm³/mol. The van der Waals surface area contributed by atoms with Crippen molar-refractivity contribution in [1.82, 2.24) is 54.9 Å². The lowest BCUT2D eigenvalue weighted by Gasteiger charge is -2.11. The molecule has 50 heavy (non-hydrogen) atoms. The van der Waals surface area contributed by atoms with Gasteiger partial charge in [0, 0.05) is 23.3 Å². The number of para-hydroxylation sites is 4. The van der Waals surface area contributed by atoms with Gasteiger partial charge in [-0.3, -0.25) is 24.7 Å². The van der Waals surface area contributed by atoms with E-state index in [1.165, 1.54) is 0 Å². The number of rotatable bonds is 5. The standard InChI is InChI=1S/C38H23N11S/c1-2-9-21-20(8-1)34(48-45-21)36-33(37-42-22-10-3-4-11-23(22)43-37)32(29-18-27-24(41-29)13-7-16-39-27)35(30-19-28-25(46-47-30)15-17-40-28)49(36)38-44-26-12-5-6-14-31(26)50-38/h1-19,41,46H,(H,42,43)(H,45,48). The van der Waals surface area contributed by atoms with Gasteiger partial charge in [-0.1, -0.05) is 53.8 Å². The topological polar surface area (TPSA) is 145 Å². The van der Waals surface area contributed by atoms with E-state index in [1.807, 2.05) is 84.9 Å². The molecule has 0 fully saturated rings. The summed E-state index contributed by atoms with van der Waals surface area (Å²) in [6.45, 7) is 0. The summed E-state index contributed by atoms with van der Waals surface area (Å²) in [4.78, 5) is 27.1. The Labute approximate surface area is 286 Å². The number of fused-ring (bicyclic) bond motifs is 5. The van der Waals surface area contributed by atoms with E-state index >= 15 is 0 Å². The molecule has 236 valence electrons. The fourth-order valence-corrected chi connectivity index (χ4v) is 7.92. The van der Waals surface area contributed by atoms with Crippen molar-refractivity contribution >= 4 is 54.5 Å². The average Bonchev–Trinajstić information content (AvgIpc) is 4.00. The van der Waals surface area contributed by atoms with Crippen LogP contribution in [-0.4, -0.2) is 54.9 Å². The van der Waals surface area contributed by atoms with Gasteiger partial charge in [0.2, 0.25) is 0 Å². The molecule has 0 saturated heterocycles. The van der Waals surface area contributed by atoms with E-state index in [0.29, 0.717) is 11.5 Å². The maximum atomic E-state index is 5.24. The van der Waals surface area contributed by atoms with Gasteiger partial charge in [0.15, 0.2) is 5.13 Å². The van der Waals surface area contributed by atoms with Crippen LogP contribution in [0.5, 0.6) is 0 Å². The van der Waals surface area contributed by atoms with Crippen LogP contribution in [-0.2, 0) is 0 Å². The number of aromatic nitrogens is 11. The molecule has 9 aromatic rings. The number of hydrogen-bond acceptors (Lipinski definition) is 7. The number of aromatic amines is 4. The van der Waals surface area contributed by atoms with Crippen molar-refractivity contribution in [3.63, 3.8) is 0 Å². The average molecular weight is 666 g/mol. The molecule has 0 saturated carbocycles. The first-order valence-electron chi connectivity index (χ1n) is 16.0. The largest absolute Gasteiger partial charge is 0.353 e. The normalized spacial score (nSPS) is 12.0. The minimum Gasteiger partial charge on any atom is -0.353 e. The van der Waals surface area contributed by atoms with Crippen molar-refractivity contribution in [3.05, 3.63) is 116 Å². The minimum atomic E-state index is 0.681. The maximum absolute atomic E-state index is 5.24. The summed E-state index contributed by atoms with van der Waals surface area (Å²) in [6, 6.07) is 34.4. The van der Waals surface area contributed by atoms with Crippen LogP contribution in [0.15, 0.2) is 116 Å². The molecule has 0 spiro atoms. The fraction of sp³-hybridized carbons (Fsp3) is 0. The lowest BCUT2D eigenvalue weighted by Crippen LogP contribution is -2.03. The Morgan fingerprint density at radius 1 is 0.560 bits per heavy atom. The van der Waals surface area contributed by atoms with E-state index in [9.17, 15) is 0 Å². The summed E-state index contributed by atoms with van der Waals surface area (Å²) in [5.41, 5.74) is 12.6.